The Morgan fingerprint density at radius 1 is 0.786 bits per heavy atom. The fourth-order valence-electron chi connectivity index (χ4n) is 5.20. The topological polar surface area (TPSA) is 85.9 Å². The summed E-state index contributed by atoms with van der Waals surface area (Å²) in [5.74, 6) is 0.331. The van der Waals surface area contributed by atoms with Crippen molar-refractivity contribution in [3.05, 3.63) is 96.1 Å². The number of amides is 2. The fourth-order valence-corrected chi connectivity index (χ4v) is 5.20. The smallest absolute Gasteiger partial charge is 0.407 e. The van der Waals surface area contributed by atoms with E-state index in [0.29, 0.717) is 25.5 Å². The third kappa shape index (κ3) is 10.6. The second-order valence-electron chi connectivity index (χ2n) is 12.1. The van der Waals surface area contributed by atoms with Crippen LogP contribution in [0.4, 0.5) is 4.79 Å². The third-order valence-electron chi connectivity index (χ3n) is 7.46. The quantitative estimate of drug-likeness (QED) is 0.141. The van der Waals surface area contributed by atoms with E-state index in [1.807, 2.05) is 69.3 Å². The van der Waals surface area contributed by atoms with E-state index in [2.05, 4.69) is 47.0 Å². The Bertz CT molecular complexity index is 1230. The lowest BCUT2D eigenvalue weighted by Gasteiger charge is -2.29. The minimum Gasteiger partial charge on any atom is -0.444 e. The molecule has 0 radical (unpaired) electrons. The van der Waals surface area contributed by atoms with Gasteiger partial charge in [-0.25, -0.2) is 14.6 Å². The van der Waals surface area contributed by atoms with Gasteiger partial charge in [-0.15, -0.1) is 0 Å². The molecule has 1 saturated carbocycles. The summed E-state index contributed by atoms with van der Waals surface area (Å²) in [5, 5.41) is 6.11. The van der Waals surface area contributed by atoms with Crippen LogP contribution in [0.15, 0.2) is 84.9 Å². The Hall–Kier alpha value is -3.68. The van der Waals surface area contributed by atoms with E-state index in [9.17, 15) is 9.59 Å². The van der Waals surface area contributed by atoms with Crippen LogP contribution in [-0.2, 0) is 32.3 Å². The minimum atomic E-state index is -0.517. The second kappa shape index (κ2) is 15.5. The van der Waals surface area contributed by atoms with Crippen LogP contribution in [0, 0.1) is 11.8 Å². The molecular formula is C35H44N2O5. The molecule has 42 heavy (non-hydrogen) atoms. The molecule has 1 aliphatic rings. The van der Waals surface area contributed by atoms with Crippen LogP contribution in [0.1, 0.15) is 57.6 Å². The summed E-state index contributed by atoms with van der Waals surface area (Å²) in [7, 11) is 0. The van der Waals surface area contributed by atoms with Gasteiger partial charge in [0.25, 0.3) is 0 Å². The Kier molecular flexibility index (Phi) is 11.6. The monoisotopic (exact) mass is 572 g/mol. The highest BCUT2D eigenvalue weighted by molar-refractivity contribution is 5.79. The molecule has 2 amide bonds. The van der Waals surface area contributed by atoms with Gasteiger partial charge in [0.2, 0.25) is 5.91 Å². The van der Waals surface area contributed by atoms with Crippen molar-refractivity contribution in [3.8, 4) is 11.1 Å². The predicted molar refractivity (Wildman–Crippen MR) is 164 cm³/mol. The van der Waals surface area contributed by atoms with Gasteiger partial charge in [-0.2, -0.15) is 0 Å². The van der Waals surface area contributed by atoms with Gasteiger partial charge in [0.05, 0.1) is 6.04 Å². The predicted octanol–water partition coefficient (Wildman–Crippen LogP) is 6.86. The number of nitrogens with one attached hydrogen (secondary N) is 2. The first-order chi connectivity index (χ1) is 20.2. The van der Waals surface area contributed by atoms with E-state index in [1.165, 1.54) is 5.56 Å². The lowest BCUT2D eigenvalue weighted by molar-refractivity contribution is -0.306. The highest BCUT2D eigenvalue weighted by atomic mass is 17.2. The Balaban J connectivity index is 1.29. The molecule has 0 unspecified atom stereocenters. The van der Waals surface area contributed by atoms with Gasteiger partial charge >= 0.3 is 6.09 Å². The van der Waals surface area contributed by atoms with Crippen molar-refractivity contribution >= 4 is 12.0 Å². The first-order valence-corrected chi connectivity index (χ1v) is 14.9. The molecule has 2 N–H and O–H groups in total. The van der Waals surface area contributed by atoms with E-state index < -0.39 is 11.7 Å². The van der Waals surface area contributed by atoms with Crippen molar-refractivity contribution in [3.63, 3.8) is 0 Å². The number of carbonyl (C=O) groups is 2. The molecule has 3 aromatic carbocycles. The number of ether oxygens (including phenoxy) is 1. The normalized spacial score (nSPS) is 17.7. The molecule has 224 valence electrons. The summed E-state index contributed by atoms with van der Waals surface area (Å²) < 4.78 is 5.34. The van der Waals surface area contributed by atoms with Gasteiger partial charge in [-0.05, 0) is 81.0 Å². The third-order valence-corrected chi connectivity index (χ3v) is 7.46. The zero-order valence-corrected chi connectivity index (χ0v) is 25.0. The number of hydrogen-bond acceptors (Lipinski definition) is 5. The summed E-state index contributed by atoms with van der Waals surface area (Å²) in [6, 6.07) is 28.3. The van der Waals surface area contributed by atoms with Gasteiger partial charge < -0.3 is 15.4 Å². The van der Waals surface area contributed by atoms with Crippen molar-refractivity contribution in [2.45, 2.75) is 71.1 Å². The number of alkyl carbamates (subject to hydrolysis) is 1. The van der Waals surface area contributed by atoms with E-state index >= 15 is 0 Å². The second-order valence-corrected chi connectivity index (χ2v) is 12.1. The van der Waals surface area contributed by atoms with E-state index in [0.717, 1.165) is 42.4 Å². The number of benzene rings is 3. The van der Waals surface area contributed by atoms with Crippen LogP contribution >= 0.6 is 0 Å². The number of carbonyl (C=O) groups excluding carboxylic acids is 2. The van der Waals surface area contributed by atoms with Gasteiger partial charge in [0.1, 0.15) is 18.8 Å². The molecule has 0 aromatic heterocycles. The van der Waals surface area contributed by atoms with Gasteiger partial charge in [0, 0.05) is 12.5 Å². The average Bonchev–Trinajstić information content (AvgIpc) is 2.99. The summed E-state index contributed by atoms with van der Waals surface area (Å²) in [6.07, 6.45) is 3.58. The lowest BCUT2D eigenvalue weighted by atomic mass is 9.81. The van der Waals surface area contributed by atoms with Crippen LogP contribution in [0.2, 0.25) is 0 Å². The maximum atomic E-state index is 13.3. The van der Waals surface area contributed by atoms with Crippen LogP contribution in [0.5, 0.6) is 0 Å². The molecule has 3 aromatic rings. The van der Waals surface area contributed by atoms with E-state index in [-0.39, 0.29) is 24.5 Å². The van der Waals surface area contributed by atoms with Gasteiger partial charge in [-0.3, -0.25) is 4.79 Å². The first-order valence-electron chi connectivity index (χ1n) is 14.9. The Morgan fingerprint density at radius 3 is 2.05 bits per heavy atom. The van der Waals surface area contributed by atoms with Crippen LogP contribution in [0.3, 0.4) is 0 Å². The van der Waals surface area contributed by atoms with Crippen LogP contribution in [0.25, 0.3) is 11.1 Å². The molecule has 1 aliphatic carbocycles. The molecule has 0 saturated heterocycles. The molecule has 0 heterocycles. The molecule has 1 atom stereocenters. The zero-order chi connectivity index (χ0) is 29.8. The van der Waals surface area contributed by atoms with Crippen molar-refractivity contribution < 1.29 is 24.1 Å². The Morgan fingerprint density at radius 2 is 1.40 bits per heavy atom. The van der Waals surface area contributed by atoms with Gasteiger partial charge in [0.15, 0.2) is 0 Å². The highest BCUT2D eigenvalue weighted by Gasteiger charge is 2.28. The highest BCUT2D eigenvalue weighted by Crippen LogP contribution is 2.29. The van der Waals surface area contributed by atoms with Crippen LogP contribution < -0.4 is 10.6 Å². The maximum absolute atomic E-state index is 13.3. The number of hydrogen-bond donors (Lipinski definition) is 2. The van der Waals surface area contributed by atoms with Crippen molar-refractivity contribution in [1.82, 2.24) is 10.6 Å². The minimum absolute atomic E-state index is 0.0473. The molecule has 4 rings (SSSR count). The largest absolute Gasteiger partial charge is 0.444 e. The molecule has 7 nitrogen and oxygen atoms in total. The molecule has 0 aliphatic heterocycles. The summed E-state index contributed by atoms with van der Waals surface area (Å²) in [5.41, 5.74) is 3.94. The van der Waals surface area contributed by atoms with Crippen molar-refractivity contribution in [2.24, 2.45) is 11.8 Å². The summed E-state index contributed by atoms with van der Waals surface area (Å²) in [4.78, 5) is 36.4. The van der Waals surface area contributed by atoms with Gasteiger partial charge in [-0.1, -0.05) is 84.9 Å². The SMILES string of the molecule is CC(C)(C)OC(=O)NC[C@H]1CC[C@H](C(=O)N[C@H](COOCc2ccccc2)Cc2ccc(-c3ccccc3)cc2)CC1. The number of rotatable bonds is 12. The fraction of sp³-hybridized carbons (Fsp3) is 0.429. The summed E-state index contributed by atoms with van der Waals surface area (Å²) >= 11 is 0. The molecule has 1 fully saturated rings. The lowest BCUT2D eigenvalue weighted by Crippen LogP contribution is -2.44. The van der Waals surface area contributed by atoms with Crippen LogP contribution in [-0.4, -0.2) is 36.8 Å². The average molecular weight is 573 g/mol. The Labute approximate surface area is 249 Å². The zero-order valence-electron chi connectivity index (χ0n) is 25.0. The standard InChI is InChI=1S/C35H44N2O5/c1-35(2,3)42-34(39)36-23-27-16-20-31(21-17-27)33(38)37-32(25-41-40-24-28-10-6-4-7-11-28)22-26-14-18-30(19-15-26)29-12-8-5-9-13-29/h4-15,18-19,27,31-32H,16-17,20-25H2,1-3H3,(H,36,39)(H,37,38)/t27-,31-,32-/m0/s1. The first kappa shape index (κ1) is 31.3. The van der Waals surface area contributed by atoms with E-state index in [1.54, 1.807) is 0 Å². The molecular weight excluding hydrogens is 528 g/mol. The van der Waals surface area contributed by atoms with E-state index in [4.69, 9.17) is 14.5 Å². The molecule has 7 heteroatoms. The summed E-state index contributed by atoms with van der Waals surface area (Å²) in [6.45, 7) is 6.71. The van der Waals surface area contributed by atoms with Crippen molar-refractivity contribution in [2.75, 3.05) is 13.2 Å². The molecule has 0 spiro atoms. The maximum Gasteiger partial charge on any atom is 0.407 e. The molecule has 0 bridgehead atoms. The van der Waals surface area contributed by atoms with Crippen molar-refractivity contribution in [1.29, 1.82) is 0 Å².